The molecule has 2 aliphatic rings. The third kappa shape index (κ3) is 2.95. The lowest BCUT2D eigenvalue weighted by Gasteiger charge is -2.36. The van der Waals surface area contributed by atoms with E-state index in [2.05, 4.69) is 10.3 Å². The van der Waals surface area contributed by atoms with E-state index in [1.165, 1.54) is 6.20 Å². The normalized spacial score (nSPS) is 19.8. The molecule has 6 nitrogen and oxygen atoms in total. The fourth-order valence-corrected chi connectivity index (χ4v) is 3.01. The van der Waals surface area contributed by atoms with Crippen molar-refractivity contribution in [2.75, 3.05) is 26.2 Å². The summed E-state index contributed by atoms with van der Waals surface area (Å²) in [6.45, 7) is 2.80. The highest BCUT2D eigenvalue weighted by Gasteiger charge is 2.32. The van der Waals surface area contributed by atoms with Crippen molar-refractivity contribution in [3.8, 4) is 0 Å². The van der Waals surface area contributed by atoms with Crippen LogP contribution in [0.15, 0.2) is 18.3 Å². The zero-order valence-corrected chi connectivity index (χ0v) is 12.3. The van der Waals surface area contributed by atoms with Gasteiger partial charge in [0, 0.05) is 38.4 Å². The van der Waals surface area contributed by atoms with E-state index in [0.29, 0.717) is 30.4 Å². The molecule has 0 aromatic carbocycles. The van der Waals surface area contributed by atoms with E-state index in [9.17, 15) is 9.59 Å². The van der Waals surface area contributed by atoms with Gasteiger partial charge < -0.3 is 15.1 Å². The van der Waals surface area contributed by atoms with Gasteiger partial charge in [-0.25, -0.2) is 9.78 Å². The number of piperidine rings is 1. The first kappa shape index (κ1) is 14.1. The summed E-state index contributed by atoms with van der Waals surface area (Å²) in [5.41, 5.74) is 0.553. The lowest BCUT2D eigenvalue weighted by atomic mass is 10.0. The summed E-state index contributed by atoms with van der Waals surface area (Å²) in [6, 6.07) is 3.56. The lowest BCUT2D eigenvalue weighted by Crippen LogP contribution is -2.47. The summed E-state index contributed by atoms with van der Waals surface area (Å²) in [5, 5.41) is 3.20. The maximum absolute atomic E-state index is 12.4. The Kier molecular flexibility index (Phi) is 3.96. The van der Waals surface area contributed by atoms with Crippen LogP contribution < -0.4 is 5.32 Å². The Bertz CT molecular complexity index is 540. The number of urea groups is 1. The van der Waals surface area contributed by atoms with Gasteiger partial charge in [0.05, 0.1) is 5.56 Å². The number of pyridine rings is 1. The predicted molar refractivity (Wildman–Crippen MR) is 78.3 cm³/mol. The second-order valence-corrected chi connectivity index (χ2v) is 5.71. The van der Waals surface area contributed by atoms with E-state index < -0.39 is 0 Å². The lowest BCUT2D eigenvalue weighted by molar-refractivity contribution is 0.0666. The standard InChI is InChI=1S/C14H17ClN4O2/c15-12-2-1-10(9-17-12)13(20)18-6-3-11(4-7-18)19-8-5-16-14(19)21/h1-2,9,11H,3-8H2,(H,16,21). The number of nitrogens with one attached hydrogen (secondary N) is 1. The number of carbonyl (C=O) groups is 2. The van der Waals surface area contributed by atoms with E-state index in [1.54, 1.807) is 12.1 Å². The molecule has 0 spiro atoms. The molecule has 1 aromatic heterocycles. The Morgan fingerprint density at radius 1 is 1.29 bits per heavy atom. The third-order valence-corrected chi connectivity index (χ3v) is 4.28. The summed E-state index contributed by atoms with van der Waals surface area (Å²) >= 11 is 5.73. The van der Waals surface area contributed by atoms with Crippen molar-refractivity contribution in [1.82, 2.24) is 20.1 Å². The smallest absolute Gasteiger partial charge is 0.317 e. The van der Waals surface area contributed by atoms with E-state index in [4.69, 9.17) is 11.6 Å². The summed E-state index contributed by atoms with van der Waals surface area (Å²) < 4.78 is 0. The molecule has 112 valence electrons. The Labute approximate surface area is 128 Å². The van der Waals surface area contributed by atoms with Gasteiger partial charge in [0.25, 0.3) is 5.91 Å². The highest BCUT2D eigenvalue weighted by Crippen LogP contribution is 2.20. The molecule has 3 rings (SSSR count). The summed E-state index contributed by atoms with van der Waals surface area (Å²) in [6.07, 6.45) is 3.14. The summed E-state index contributed by atoms with van der Waals surface area (Å²) in [4.78, 5) is 31.6. The minimum absolute atomic E-state index is 0.0154. The van der Waals surface area contributed by atoms with Crippen LogP contribution in [0.4, 0.5) is 4.79 Å². The summed E-state index contributed by atoms with van der Waals surface area (Å²) in [7, 11) is 0. The Balaban J connectivity index is 1.59. The van der Waals surface area contributed by atoms with Gasteiger partial charge in [-0.05, 0) is 25.0 Å². The van der Waals surface area contributed by atoms with Crippen LogP contribution in [0.25, 0.3) is 0 Å². The molecule has 0 aliphatic carbocycles. The average molecular weight is 309 g/mol. The molecule has 2 aliphatic heterocycles. The largest absolute Gasteiger partial charge is 0.338 e. The van der Waals surface area contributed by atoms with Crippen LogP contribution in [0.5, 0.6) is 0 Å². The van der Waals surface area contributed by atoms with Gasteiger partial charge >= 0.3 is 6.03 Å². The van der Waals surface area contributed by atoms with Crippen LogP contribution in [0.1, 0.15) is 23.2 Å². The van der Waals surface area contributed by atoms with Crippen molar-refractivity contribution in [1.29, 1.82) is 0 Å². The van der Waals surface area contributed by atoms with E-state index in [1.807, 2.05) is 9.80 Å². The quantitative estimate of drug-likeness (QED) is 0.839. The van der Waals surface area contributed by atoms with Crippen molar-refractivity contribution in [2.24, 2.45) is 0 Å². The first-order valence-electron chi connectivity index (χ1n) is 7.10. The van der Waals surface area contributed by atoms with Gasteiger partial charge in [0.1, 0.15) is 5.15 Å². The van der Waals surface area contributed by atoms with Crippen molar-refractivity contribution < 1.29 is 9.59 Å². The number of amides is 3. The third-order valence-electron chi connectivity index (χ3n) is 4.06. The van der Waals surface area contributed by atoms with Crippen LogP contribution in [0.2, 0.25) is 5.15 Å². The fraction of sp³-hybridized carbons (Fsp3) is 0.500. The zero-order chi connectivity index (χ0) is 14.8. The second-order valence-electron chi connectivity index (χ2n) is 5.32. The van der Waals surface area contributed by atoms with Crippen LogP contribution in [-0.4, -0.2) is 58.9 Å². The number of hydrogen-bond acceptors (Lipinski definition) is 3. The fourth-order valence-electron chi connectivity index (χ4n) is 2.90. The van der Waals surface area contributed by atoms with Gasteiger partial charge in [-0.15, -0.1) is 0 Å². The van der Waals surface area contributed by atoms with Gasteiger partial charge in [0.15, 0.2) is 0 Å². The molecular formula is C14H17ClN4O2. The Morgan fingerprint density at radius 2 is 2.05 bits per heavy atom. The first-order valence-corrected chi connectivity index (χ1v) is 7.48. The minimum Gasteiger partial charge on any atom is -0.338 e. The molecule has 0 bridgehead atoms. The molecular weight excluding hydrogens is 292 g/mol. The molecule has 0 radical (unpaired) electrons. The van der Waals surface area contributed by atoms with E-state index >= 15 is 0 Å². The molecule has 3 heterocycles. The maximum Gasteiger partial charge on any atom is 0.317 e. The Morgan fingerprint density at radius 3 is 2.62 bits per heavy atom. The molecule has 0 saturated carbocycles. The number of halogens is 1. The molecule has 0 atom stereocenters. The highest BCUT2D eigenvalue weighted by atomic mass is 35.5. The zero-order valence-electron chi connectivity index (χ0n) is 11.6. The number of likely N-dealkylation sites (tertiary alicyclic amines) is 1. The summed E-state index contributed by atoms with van der Waals surface area (Å²) in [5.74, 6) is -0.0245. The van der Waals surface area contributed by atoms with Crippen LogP contribution in [0.3, 0.4) is 0 Å². The number of rotatable bonds is 2. The van der Waals surface area contributed by atoms with Crippen LogP contribution in [0, 0.1) is 0 Å². The van der Waals surface area contributed by atoms with Crippen LogP contribution in [-0.2, 0) is 0 Å². The topological polar surface area (TPSA) is 65.5 Å². The Hall–Kier alpha value is -1.82. The SMILES string of the molecule is O=C(c1ccc(Cl)nc1)N1CCC(N2CCNC2=O)CC1. The van der Waals surface area contributed by atoms with Crippen molar-refractivity contribution in [3.63, 3.8) is 0 Å². The van der Waals surface area contributed by atoms with Gasteiger partial charge in [0.2, 0.25) is 0 Å². The minimum atomic E-state index is -0.0245. The second kappa shape index (κ2) is 5.89. The van der Waals surface area contributed by atoms with Crippen molar-refractivity contribution in [2.45, 2.75) is 18.9 Å². The number of carbonyl (C=O) groups excluding carboxylic acids is 2. The monoisotopic (exact) mass is 308 g/mol. The molecule has 7 heteroatoms. The molecule has 2 saturated heterocycles. The highest BCUT2D eigenvalue weighted by molar-refractivity contribution is 6.29. The van der Waals surface area contributed by atoms with Gasteiger partial charge in [-0.2, -0.15) is 0 Å². The molecule has 3 amide bonds. The first-order chi connectivity index (χ1) is 10.1. The van der Waals surface area contributed by atoms with Gasteiger partial charge in [-0.3, -0.25) is 4.79 Å². The molecule has 1 N–H and O–H groups in total. The molecule has 21 heavy (non-hydrogen) atoms. The number of aromatic nitrogens is 1. The average Bonchev–Trinajstić information content (AvgIpc) is 2.94. The molecule has 0 unspecified atom stereocenters. The van der Waals surface area contributed by atoms with Crippen molar-refractivity contribution in [3.05, 3.63) is 29.0 Å². The van der Waals surface area contributed by atoms with Crippen molar-refractivity contribution >= 4 is 23.5 Å². The molecule has 1 aromatic rings. The van der Waals surface area contributed by atoms with E-state index in [0.717, 1.165) is 19.4 Å². The van der Waals surface area contributed by atoms with Gasteiger partial charge in [-0.1, -0.05) is 11.6 Å². The number of nitrogens with zero attached hydrogens (tertiary/aromatic N) is 3. The predicted octanol–water partition coefficient (Wildman–Crippen LogP) is 1.36. The van der Waals surface area contributed by atoms with E-state index in [-0.39, 0.29) is 18.0 Å². The number of hydrogen-bond donors (Lipinski definition) is 1. The molecule has 2 fully saturated rings. The van der Waals surface area contributed by atoms with Crippen LogP contribution >= 0.6 is 11.6 Å². The maximum atomic E-state index is 12.4.